The van der Waals surface area contributed by atoms with E-state index in [1.54, 1.807) is 0 Å². The van der Waals surface area contributed by atoms with Gasteiger partial charge in [0.25, 0.3) is 0 Å². The quantitative estimate of drug-likeness (QED) is 0.0320. The molecule has 3 N–H and O–H groups in total. The summed E-state index contributed by atoms with van der Waals surface area (Å²) in [4.78, 5) is 24.6. The number of nitrogens with one attached hydrogen (secondary N) is 1. The third-order valence-electron chi connectivity index (χ3n) is 18.5. The molecule has 0 aliphatic carbocycles. The molecular weight excluding hydrogens is 1040 g/mol. The Morgan fingerprint density at radius 3 is 0.894 bits per heavy atom. The number of allylic oxidation sites excluding steroid dienone is 4. The van der Waals surface area contributed by atoms with Crippen molar-refractivity contribution in [3.63, 3.8) is 0 Å². The summed E-state index contributed by atoms with van der Waals surface area (Å²) >= 11 is 0. The smallest absolute Gasteiger partial charge is 0.305 e. The number of hydrogen-bond acceptors (Lipinski definition) is 5. The highest BCUT2D eigenvalue weighted by molar-refractivity contribution is 5.76. The zero-order valence-corrected chi connectivity index (χ0v) is 57.9. The van der Waals surface area contributed by atoms with Crippen LogP contribution in [0.2, 0.25) is 0 Å². The lowest BCUT2D eigenvalue weighted by Crippen LogP contribution is -2.45. The summed E-state index contributed by atoms with van der Waals surface area (Å²) in [6.07, 6.45) is 95.5. The Bertz CT molecular complexity index is 1330. The Balaban J connectivity index is 3.38. The van der Waals surface area contributed by atoms with Crippen LogP contribution in [0.25, 0.3) is 0 Å². The molecule has 0 aliphatic rings. The number of esters is 1. The fourth-order valence-electron chi connectivity index (χ4n) is 12.6. The number of aliphatic hydroxyl groups is 2. The Labute approximate surface area is 532 Å². The molecule has 0 radical (unpaired) electrons. The highest BCUT2D eigenvalue weighted by atomic mass is 16.5. The molecule has 504 valence electrons. The second-order valence-corrected chi connectivity index (χ2v) is 27.0. The van der Waals surface area contributed by atoms with E-state index in [2.05, 4.69) is 43.5 Å². The zero-order valence-electron chi connectivity index (χ0n) is 57.9. The molecule has 0 bridgehead atoms. The molecule has 0 aliphatic heterocycles. The molecule has 6 heteroatoms. The fourth-order valence-corrected chi connectivity index (χ4v) is 12.6. The first-order chi connectivity index (χ1) is 42.0. The number of carbonyl (C=O) groups is 2. The molecule has 6 nitrogen and oxygen atoms in total. The Morgan fingerprint density at radius 2 is 0.588 bits per heavy atom. The van der Waals surface area contributed by atoms with Crippen molar-refractivity contribution >= 4 is 11.9 Å². The first-order valence-electron chi connectivity index (χ1n) is 39.1. The minimum Gasteiger partial charge on any atom is -0.466 e. The van der Waals surface area contributed by atoms with E-state index in [1.807, 2.05) is 0 Å². The van der Waals surface area contributed by atoms with Crippen LogP contribution in [0.3, 0.4) is 0 Å². The second kappa shape index (κ2) is 74.8. The van der Waals surface area contributed by atoms with E-state index >= 15 is 0 Å². The normalized spacial score (nSPS) is 12.6. The predicted molar refractivity (Wildman–Crippen MR) is 375 cm³/mol. The lowest BCUT2D eigenvalue weighted by molar-refractivity contribution is -0.143. The fraction of sp³-hybridized carbons (Fsp3) is 0.924. The number of unbranched alkanes of at least 4 members (excludes halogenated alkanes) is 59. The molecular formula is C79H153NO5. The molecule has 0 saturated heterocycles. The van der Waals surface area contributed by atoms with Crippen molar-refractivity contribution in [1.29, 1.82) is 0 Å². The summed E-state index contributed by atoms with van der Waals surface area (Å²) in [7, 11) is 0. The van der Waals surface area contributed by atoms with Crippen molar-refractivity contribution in [2.45, 2.75) is 456 Å². The minimum absolute atomic E-state index is 0.0158. The first kappa shape index (κ1) is 83.3. The first-order valence-corrected chi connectivity index (χ1v) is 39.1. The molecule has 0 saturated carbocycles. The van der Waals surface area contributed by atoms with Crippen LogP contribution in [-0.2, 0) is 14.3 Å². The molecule has 0 aromatic carbocycles. The third-order valence-corrected chi connectivity index (χ3v) is 18.5. The summed E-state index contributed by atoms with van der Waals surface area (Å²) < 4.78 is 5.48. The van der Waals surface area contributed by atoms with Crippen molar-refractivity contribution in [3.05, 3.63) is 24.3 Å². The number of carbonyl (C=O) groups excluding carboxylic acids is 2. The van der Waals surface area contributed by atoms with Crippen molar-refractivity contribution < 1.29 is 24.5 Å². The molecule has 0 aromatic heterocycles. The summed E-state index contributed by atoms with van der Waals surface area (Å²) in [5.41, 5.74) is 0. The second-order valence-electron chi connectivity index (χ2n) is 27.0. The van der Waals surface area contributed by atoms with Crippen molar-refractivity contribution in [1.82, 2.24) is 5.32 Å². The summed E-state index contributed by atoms with van der Waals surface area (Å²) in [6.45, 7) is 5.00. The van der Waals surface area contributed by atoms with Gasteiger partial charge >= 0.3 is 5.97 Å². The maximum absolute atomic E-state index is 12.6. The average molecular weight is 1200 g/mol. The number of aliphatic hydroxyl groups excluding tert-OH is 2. The molecule has 0 spiro atoms. The number of rotatable bonds is 74. The Kier molecular flexibility index (Phi) is 73.3. The van der Waals surface area contributed by atoms with Gasteiger partial charge in [-0.15, -0.1) is 0 Å². The average Bonchev–Trinajstić information content (AvgIpc) is 3.53. The minimum atomic E-state index is -0.664. The van der Waals surface area contributed by atoms with Gasteiger partial charge in [0.15, 0.2) is 0 Å². The van der Waals surface area contributed by atoms with Gasteiger partial charge in [-0.2, -0.15) is 0 Å². The number of ether oxygens (including phenoxy) is 1. The van der Waals surface area contributed by atoms with Crippen LogP contribution in [0.4, 0.5) is 0 Å². The van der Waals surface area contributed by atoms with Crippen LogP contribution in [0, 0.1) is 0 Å². The van der Waals surface area contributed by atoms with E-state index < -0.39 is 12.1 Å². The van der Waals surface area contributed by atoms with Crippen LogP contribution < -0.4 is 5.32 Å². The van der Waals surface area contributed by atoms with E-state index in [0.717, 1.165) is 44.9 Å². The highest BCUT2D eigenvalue weighted by Crippen LogP contribution is 2.20. The van der Waals surface area contributed by atoms with Crippen molar-refractivity contribution in [2.24, 2.45) is 0 Å². The topological polar surface area (TPSA) is 95.9 Å². The molecule has 0 aromatic rings. The largest absolute Gasteiger partial charge is 0.466 e. The van der Waals surface area contributed by atoms with E-state index in [4.69, 9.17) is 4.74 Å². The third kappa shape index (κ3) is 71.3. The van der Waals surface area contributed by atoms with Gasteiger partial charge < -0.3 is 20.3 Å². The zero-order chi connectivity index (χ0) is 61.3. The van der Waals surface area contributed by atoms with Gasteiger partial charge in [0.05, 0.1) is 25.4 Å². The maximum Gasteiger partial charge on any atom is 0.305 e. The van der Waals surface area contributed by atoms with E-state index in [1.165, 1.54) is 366 Å². The summed E-state index contributed by atoms with van der Waals surface area (Å²) in [5, 5.41) is 23.5. The van der Waals surface area contributed by atoms with Crippen LogP contribution in [-0.4, -0.2) is 47.4 Å². The van der Waals surface area contributed by atoms with Crippen molar-refractivity contribution in [3.8, 4) is 0 Å². The lowest BCUT2D eigenvalue weighted by atomic mass is 10.0. The SMILES string of the molecule is CCCCCCCCCCCCCCCCCCCCCCCCCC(O)C(CO)NC(=O)CCCCCCCCCCCCCCCCCCC/C=C\C/C=C\CCCCCCCCCCCOC(=O)CCCCCCCCCCCCCC. The maximum atomic E-state index is 12.6. The monoisotopic (exact) mass is 1200 g/mol. The Hall–Kier alpha value is -1.66. The van der Waals surface area contributed by atoms with Crippen LogP contribution in [0.15, 0.2) is 24.3 Å². The number of hydrogen-bond donors (Lipinski definition) is 3. The van der Waals surface area contributed by atoms with E-state index in [9.17, 15) is 19.8 Å². The highest BCUT2D eigenvalue weighted by Gasteiger charge is 2.20. The van der Waals surface area contributed by atoms with Crippen molar-refractivity contribution in [2.75, 3.05) is 13.2 Å². The molecule has 85 heavy (non-hydrogen) atoms. The van der Waals surface area contributed by atoms with Gasteiger partial charge in [-0.25, -0.2) is 0 Å². The molecule has 2 atom stereocenters. The van der Waals surface area contributed by atoms with Gasteiger partial charge in [0, 0.05) is 12.8 Å². The van der Waals surface area contributed by atoms with Crippen LogP contribution >= 0.6 is 0 Å². The predicted octanol–water partition coefficient (Wildman–Crippen LogP) is 25.7. The molecule has 0 rings (SSSR count). The number of amides is 1. The van der Waals surface area contributed by atoms with Gasteiger partial charge in [-0.3, -0.25) is 9.59 Å². The lowest BCUT2D eigenvalue weighted by Gasteiger charge is -2.22. The molecule has 1 amide bonds. The van der Waals surface area contributed by atoms with Crippen LogP contribution in [0.5, 0.6) is 0 Å². The molecule has 2 unspecified atom stereocenters. The van der Waals surface area contributed by atoms with Gasteiger partial charge in [-0.05, 0) is 57.8 Å². The summed E-state index contributed by atoms with van der Waals surface area (Å²) in [6, 6.07) is -0.541. The molecule has 0 heterocycles. The Morgan fingerprint density at radius 1 is 0.329 bits per heavy atom. The molecule has 0 fully saturated rings. The van der Waals surface area contributed by atoms with E-state index in [-0.39, 0.29) is 18.5 Å². The standard InChI is InChI=1S/C79H153NO5/c1-3-5-7-9-11-13-15-17-18-19-20-21-33-36-39-42-45-48-51-55-59-63-67-71-77(82)76(75-81)80-78(83)72-68-64-60-56-52-49-46-43-40-37-34-31-29-27-25-23-22-24-26-28-30-32-35-38-41-44-47-50-54-58-62-66-70-74-85-79(84)73-69-65-61-57-53-16-14-12-10-8-6-4-2/h26,28,32,35,76-77,81-82H,3-25,27,29-31,33-34,36-75H2,1-2H3,(H,80,83)/b28-26-,35-32-. The van der Waals surface area contributed by atoms with E-state index in [0.29, 0.717) is 25.9 Å². The van der Waals surface area contributed by atoms with Gasteiger partial charge in [-0.1, -0.05) is 398 Å². The van der Waals surface area contributed by atoms with Crippen LogP contribution in [0.1, 0.15) is 444 Å². The van der Waals surface area contributed by atoms with Gasteiger partial charge in [0.2, 0.25) is 5.91 Å². The summed E-state index contributed by atoms with van der Waals surface area (Å²) in [5.74, 6) is -0.0117. The van der Waals surface area contributed by atoms with Gasteiger partial charge in [0.1, 0.15) is 0 Å².